The van der Waals surface area contributed by atoms with Gasteiger partial charge in [0.1, 0.15) is 18.0 Å². The number of anilines is 1. The Kier molecular flexibility index (Phi) is 4.85. The minimum Gasteiger partial charge on any atom is -0.487 e. The predicted molar refractivity (Wildman–Crippen MR) is 81.7 cm³/mol. The van der Waals surface area contributed by atoms with Gasteiger partial charge in [-0.2, -0.15) is 0 Å². The Balaban J connectivity index is 2.18. The van der Waals surface area contributed by atoms with Crippen molar-refractivity contribution in [3.8, 4) is 5.75 Å². The van der Waals surface area contributed by atoms with Crippen LogP contribution >= 0.6 is 23.2 Å². The predicted octanol–water partition coefficient (Wildman–Crippen LogP) is 3.77. The zero-order valence-electron chi connectivity index (χ0n) is 10.7. The Bertz CT molecular complexity index is 680. The second kappa shape index (κ2) is 6.62. The van der Waals surface area contributed by atoms with E-state index in [1.165, 1.54) is 12.1 Å². The normalized spacial score (nSPS) is 10.2. The number of rotatable bonds is 5. The minimum atomic E-state index is -0.523. The van der Waals surface area contributed by atoms with Crippen LogP contribution in [-0.4, -0.2) is 4.92 Å². The van der Waals surface area contributed by atoms with E-state index in [9.17, 15) is 10.1 Å². The first-order valence-electron chi connectivity index (χ1n) is 5.83. The van der Waals surface area contributed by atoms with Crippen LogP contribution in [0.3, 0.4) is 0 Å². The van der Waals surface area contributed by atoms with Crippen molar-refractivity contribution < 1.29 is 9.66 Å². The second-order valence-electron chi connectivity index (χ2n) is 4.12. The summed E-state index contributed by atoms with van der Waals surface area (Å²) in [5.74, 6) is 5.63. The molecular formula is C13H11Cl2N3O3. The van der Waals surface area contributed by atoms with E-state index >= 15 is 0 Å². The molecule has 0 spiro atoms. The Labute approximate surface area is 130 Å². The van der Waals surface area contributed by atoms with Gasteiger partial charge in [-0.05, 0) is 23.8 Å². The SMILES string of the molecule is NNc1ccc(COc2cc(Cl)ccc2Cl)cc1[N+](=O)[O-]. The van der Waals surface area contributed by atoms with Crippen LogP contribution < -0.4 is 16.0 Å². The lowest BCUT2D eigenvalue weighted by Gasteiger charge is -2.09. The van der Waals surface area contributed by atoms with Gasteiger partial charge in [0.05, 0.1) is 9.95 Å². The van der Waals surface area contributed by atoms with Crippen molar-refractivity contribution >= 4 is 34.6 Å². The summed E-state index contributed by atoms with van der Waals surface area (Å²) in [6.07, 6.45) is 0. The lowest BCUT2D eigenvalue weighted by molar-refractivity contribution is -0.384. The molecular weight excluding hydrogens is 317 g/mol. The van der Waals surface area contributed by atoms with E-state index in [2.05, 4.69) is 5.43 Å². The summed E-state index contributed by atoms with van der Waals surface area (Å²) in [5, 5.41) is 11.8. The fraction of sp³-hybridized carbons (Fsp3) is 0.0769. The number of nitro benzene ring substituents is 1. The third-order valence-electron chi connectivity index (χ3n) is 2.70. The molecule has 21 heavy (non-hydrogen) atoms. The van der Waals surface area contributed by atoms with Crippen molar-refractivity contribution in [2.45, 2.75) is 6.61 Å². The quantitative estimate of drug-likeness (QED) is 0.495. The highest BCUT2D eigenvalue weighted by molar-refractivity contribution is 6.34. The highest BCUT2D eigenvalue weighted by Gasteiger charge is 2.14. The maximum atomic E-state index is 10.9. The van der Waals surface area contributed by atoms with Gasteiger partial charge in [-0.15, -0.1) is 0 Å². The molecule has 0 radical (unpaired) electrons. The van der Waals surface area contributed by atoms with Crippen LogP contribution in [0.5, 0.6) is 5.75 Å². The number of nitrogens with two attached hydrogens (primary N) is 1. The summed E-state index contributed by atoms with van der Waals surface area (Å²) in [7, 11) is 0. The number of ether oxygens (including phenoxy) is 1. The number of nitrogens with one attached hydrogen (secondary N) is 1. The monoisotopic (exact) mass is 327 g/mol. The van der Waals surface area contributed by atoms with Gasteiger partial charge in [-0.25, -0.2) is 0 Å². The number of halogens is 2. The van der Waals surface area contributed by atoms with Crippen LogP contribution in [-0.2, 0) is 6.61 Å². The highest BCUT2D eigenvalue weighted by Crippen LogP contribution is 2.29. The van der Waals surface area contributed by atoms with E-state index in [-0.39, 0.29) is 18.0 Å². The minimum absolute atomic E-state index is 0.117. The molecule has 0 atom stereocenters. The Hall–Kier alpha value is -2.02. The molecule has 0 saturated carbocycles. The molecule has 6 nitrogen and oxygen atoms in total. The fourth-order valence-electron chi connectivity index (χ4n) is 1.69. The van der Waals surface area contributed by atoms with Crippen molar-refractivity contribution in [1.29, 1.82) is 0 Å². The molecule has 3 N–H and O–H groups in total. The molecule has 110 valence electrons. The van der Waals surface area contributed by atoms with Gasteiger partial charge < -0.3 is 10.2 Å². The topological polar surface area (TPSA) is 90.4 Å². The number of nitro groups is 1. The lowest BCUT2D eigenvalue weighted by atomic mass is 10.2. The summed E-state index contributed by atoms with van der Waals surface area (Å²) in [5.41, 5.74) is 2.98. The van der Waals surface area contributed by atoms with Crippen molar-refractivity contribution in [3.05, 3.63) is 62.1 Å². The van der Waals surface area contributed by atoms with Crippen molar-refractivity contribution in [1.82, 2.24) is 0 Å². The molecule has 0 unspecified atom stereocenters. The number of hydrogen-bond acceptors (Lipinski definition) is 5. The number of benzene rings is 2. The van der Waals surface area contributed by atoms with Crippen LogP contribution in [0.2, 0.25) is 10.0 Å². The largest absolute Gasteiger partial charge is 0.487 e. The maximum absolute atomic E-state index is 10.9. The van der Waals surface area contributed by atoms with Crippen LogP contribution in [0.25, 0.3) is 0 Å². The smallest absolute Gasteiger partial charge is 0.294 e. The molecule has 2 rings (SSSR count). The van der Waals surface area contributed by atoms with Gasteiger partial charge in [0.25, 0.3) is 5.69 Å². The van der Waals surface area contributed by atoms with Crippen LogP contribution in [0.15, 0.2) is 36.4 Å². The molecule has 0 aliphatic carbocycles. The van der Waals surface area contributed by atoms with Crippen molar-refractivity contribution in [2.75, 3.05) is 5.43 Å². The molecule has 2 aromatic rings. The molecule has 8 heteroatoms. The van der Waals surface area contributed by atoms with E-state index in [1.807, 2.05) is 0 Å². The summed E-state index contributed by atoms with van der Waals surface area (Å²) in [6.45, 7) is 0.117. The molecule has 0 amide bonds. The Morgan fingerprint density at radius 1 is 1.24 bits per heavy atom. The van der Waals surface area contributed by atoms with Crippen LogP contribution in [0.4, 0.5) is 11.4 Å². The zero-order chi connectivity index (χ0) is 15.4. The molecule has 0 aliphatic rings. The lowest BCUT2D eigenvalue weighted by Crippen LogP contribution is -2.09. The third-order valence-corrected chi connectivity index (χ3v) is 3.25. The van der Waals surface area contributed by atoms with E-state index in [1.54, 1.807) is 24.3 Å². The van der Waals surface area contributed by atoms with E-state index in [0.717, 1.165) is 0 Å². The number of hydrogen-bond donors (Lipinski definition) is 2. The molecule has 2 aromatic carbocycles. The summed E-state index contributed by atoms with van der Waals surface area (Å²) >= 11 is 11.8. The van der Waals surface area contributed by atoms with Crippen molar-refractivity contribution in [2.24, 2.45) is 5.84 Å². The second-order valence-corrected chi connectivity index (χ2v) is 4.96. The van der Waals surface area contributed by atoms with Gasteiger partial charge in [-0.1, -0.05) is 29.3 Å². The molecule has 0 bridgehead atoms. The standard InChI is InChI=1S/C13H11Cl2N3O3/c14-9-2-3-10(15)13(6-9)21-7-8-1-4-11(17-16)12(5-8)18(19)20/h1-6,17H,7,16H2. The van der Waals surface area contributed by atoms with Gasteiger partial charge >= 0.3 is 0 Å². The number of hydrazine groups is 1. The Morgan fingerprint density at radius 2 is 2.00 bits per heavy atom. The van der Waals surface area contributed by atoms with E-state index in [4.69, 9.17) is 33.8 Å². The third kappa shape index (κ3) is 3.75. The summed E-state index contributed by atoms with van der Waals surface area (Å²) in [4.78, 5) is 10.4. The highest BCUT2D eigenvalue weighted by atomic mass is 35.5. The first-order valence-corrected chi connectivity index (χ1v) is 6.58. The average Bonchev–Trinajstić information content (AvgIpc) is 2.47. The van der Waals surface area contributed by atoms with Crippen LogP contribution in [0, 0.1) is 10.1 Å². The molecule has 0 aliphatic heterocycles. The van der Waals surface area contributed by atoms with E-state index < -0.39 is 4.92 Å². The summed E-state index contributed by atoms with van der Waals surface area (Å²) in [6, 6.07) is 9.39. The average molecular weight is 328 g/mol. The molecule has 0 saturated heterocycles. The van der Waals surface area contributed by atoms with Gasteiger partial charge in [-0.3, -0.25) is 16.0 Å². The fourth-order valence-corrected chi connectivity index (χ4v) is 2.02. The number of nitrogen functional groups attached to an aromatic ring is 1. The molecule has 0 aromatic heterocycles. The number of nitrogens with zero attached hydrogens (tertiary/aromatic N) is 1. The van der Waals surface area contributed by atoms with Crippen LogP contribution in [0.1, 0.15) is 5.56 Å². The zero-order valence-corrected chi connectivity index (χ0v) is 12.2. The first kappa shape index (κ1) is 15.4. The summed E-state index contributed by atoms with van der Waals surface area (Å²) < 4.78 is 5.52. The molecule has 0 fully saturated rings. The van der Waals surface area contributed by atoms with E-state index in [0.29, 0.717) is 21.4 Å². The molecule has 0 heterocycles. The Morgan fingerprint density at radius 3 is 2.67 bits per heavy atom. The van der Waals surface area contributed by atoms with Crippen molar-refractivity contribution in [3.63, 3.8) is 0 Å². The van der Waals surface area contributed by atoms with Gasteiger partial charge in [0.2, 0.25) is 0 Å². The van der Waals surface area contributed by atoms with Gasteiger partial charge in [0, 0.05) is 17.2 Å². The maximum Gasteiger partial charge on any atom is 0.294 e. The van der Waals surface area contributed by atoms with Gasteiger partial charge in [0.15, 0.2) is 0 Å². The first-order chi connectivity index (χ1) is 10.0.